The van der Waals surface area contributed by atoms with Crippen LogP contribution in [0.5, 0.6) is 0 Å². The Hall–Kier alpha value is -0.0800. The van der Waals surface area contributed by atoms with Crippen molar-refractivity contribution in [1.29, 1.82) is 0 Å². The topological polar surface area (TPSA) is 32.3 Å². The maximum Gasteiger partial charge on any atom is 0.0540 e. The van der Waals surface area contributed by atoms with Crippen molar-refractivity contribution in [1.82, 2.24) is 5.32 Å². The van der Waals surface area contributed by atoms with Crippen molar-refractivity contribution in [2.24, 2.45) is 0 Å². The molecule has 0 aromatic heterocycles. The molecule has 2 nitrogen and oxygen atoms in total. The summed E-state index contributed by atoms with van der Waals surface area (Å²) in [6, 6.07) is 0.681. The van der Waals surface area contributed by atoms with Gasteiger partial charge in [0.05, 0.1) is 6.10 Å². The molecule has 1 fully saturated rings. The van der Waals surface area contributed by atoms with E-state index in [1.54, 1.807) is 0 Å². The molecule has 1 rings (SSSR count). The normalized spacial score (nSPS) is 25.8. The van der Waals surface area contributed by atoms with Crippen LogP contribution in [0.1, 0.15) is 51.9 Å². The Morgan fingerprint density at radius 3 is 2.85 bits per heavy atom. The van der Waals surface area contributed by atoms with Gasteiger partial charge in [-0.25, -0.2) is 0 Å². The quantitative estimate of drug-likeness (QED) is 0.687. The summed E-state index contributed by atoms with van der Waals surface area (Å²) in [5, 5.41) is 13.1. The zero-order chi connectivity index (χ0) is 9.52. The van der Waals surface area contributed by atoms with Gasteiger partial charge in [-0.05, 0) is 38.6 Å². The highest BCUT2D eigenvalue weighted by Crippen LogP contribution is 2.14. The highest BCUT2D eigenvalue weighted by molar-refractivity contribution is 4.73. The molecule has 1 aliphatic heterocycles. The van der Waals surface area contributed by atoms with Gasteiger partial charge in [0.15, 0.2) is 0 Å². The molecule has 0 amide bonds. The molecule has 2 heteroatoms. The summed E-state index contributed by atoms with van der Waals surface area (Å²) >= 11 is 0. The number of hydrogen-bond acceptors (Lipinski definition) is 2. The van der Waals surface area contributed by atoms with Crippen molar-refractivity contribution in [2.75, 3.05) is 6.54 Å². The molecule has 0 radical (unpaired) electrons. The Morgan fingerprint density at radius 1 is 1.38 bits per heavy atom. The van der Waals surface area contributed by atoms with Crippen LogP contribution in [0.4, 0.5) is 0 Å². The van der Waals surface area contributed by atoms with E-state index in [0.717, 1.165) is 25.7 Å². The molecule has 0 aromatic carbocycles. The lowest BCUT2D eigenvalue weighted by Crippen LogP contribution is -2.34. The number of piperidine rings is 1. The molecule has 0 aromatic rings. The summed E-state index contributed by atoms with van der Waals surface area (Å²) in [6.07, 6.45) is 8.13. The van der Waals surface area contributed by atoms with Gasteiger partial charge < -0.3 is 10.4 Å². The lowest BCUT2D eigenvalue weighted by atomic mass is 9.98. The van der Waals surface area contributed by atoms with Crippen LogP contribution in [-0.4, -0.2) is 23.8 Å². The van der Waals surface area contributed by atoms with Crippen LogP contribution in [0.15, 0.2) is 0 Å². The van der Waals surface area contributed by atoms with Crippen molar-refractivity contribution < 1.29 is 5.11 Å². The number of aliphatic hydroxyl groups excluding tert-OH is 1. The average Bonchev–Trinajstić information content (AvgIpc) is 2.17. The van der Waals surface area contributed by atoms with Crippen LogP contribution >= 0.6 is 0 Å². The second-order valence-corrected chi connectivity index (χ2v) is 4.17. The molecule has 0 saturated carbocycles. The summed E-state index contributed by atoms with van der Waals surface area (Å²) in [5.74, 6) is 0. The molecule has 2 unspecified atom stereocenters. The van der Waals surface area contributed by atoms with E-state index in [1.165, 1.54) is 25.8 Å². The molecular weight excluding hydrogens is 162 g/mol. The summed E-state index contributed by atoms with van der Waals surface area (Å²) in [5.41, 5.74) is 0. The van der Waals surface area contributed by atoms with E-state index in [9.17, 15) is 5.11 Å². The molecule has 0 bridgehead atoms. The van der Waals surface area contributed by atoms with E-state index in [1.807, 2.05) is 0 Å². The lowest BCUT2D eigenvalue weighted by Gasteiger charge is -2.24. The molecule has 1 saturated heterocycles. The van der Waals surface area contributed by atoms with Crippen LogP contribution in [0, 0.1) is 0 Å². The largest absolute Gasteiger partial charge is 0.393 e. The lowest BCUT2D eigenvalue weighted by molar-refractivity contribution is 0.144. The Kier molecular flexibility index (Phi) is 5.40. The highest BCUT2D eigenvalue weighted by atomic mass is 16.3. The molecular formula is C11H23NO. The van der Waals surface area contributed by atoms with E-state index in [2.05, 4.69) is 12.2 Å². The van der Waals surface area contributed by atoms with Gasteiger partial charge >= 0.3 is 0 Å². The van der Waals surface area contributed by atoms with Crippen molar-refractivity contribution in [3.63, 3.8) is 0 Å². The van der Waals surface area contributed by atoms with E-state index in [4.69, 9.17) is 0 Å². The molecule has 1 aliphatic rings. The SMILES string of the molecule is CCCC(O)CCC1CCCCN1. The molecule has 2 N–H and O–H groups in total. The van der Waals surface area contributed by atoms with E-state index >= 15 is 0 Å². The first-order valence-corrected chi connectivity index (χ1v) is 5.74. The summed E-state index contributed by atoms with van der Waals surface area (Å²) in [6.45, 7) is 3.30. The van der Waals surface area contributed by atoms with Crippen LogP contribution in [0.3, 0.4) is 0 Å². The van der Waals surface area contributed by atoms with Gasteiger partial charge in [-0.2, -0.15) is 0 Å². The Labute approximate surface area is 81.7 Å². The Morgan fingerprint density at radius 2 is 2.23 bits per heavy atom. The van der Waals surface area contributed by atoms with Crippen LogP contribution < -0.4 is 5.32 Å². The Balaban J connectivity index is 2.03. The molecule has 1 heterocycles. The summed E-state index contributed by atoms with van der Waals surface area (Å²) < 4.78 is 0. The van der Waals surface area contributed by atoms with Gasteiger partial charge in [-0.15, -0.1) is 0 Å². The fourth-order valence-electron chi connectivity index (χ4n) is 2.04. The summed E-state index contributed by atoms with van der Waals surface area (Å²) in [4.78, 5) is 0. The predicted molar refractivity (Wildman–Crippen MR) is 55.8 cm³/mol. The van der Waals surface area contributed by atoms with Gasteiger partial charge in [0.2, 0.25) is 0 Å². The number of nitrogens with one attached hydrogen (secondary N) is 1. The number of rotatable bonds is 5. The van der Waals surface area contributed by atoms with Gasteiger partial charge in [0, 0.05) is 6.04 Å². The minimum absolute atomic E-state index is 0.0614. The summed E-state index contributed by atoms with van der Waals surface area (Å²) in [7, 11) is 0. The minimum atomic E-state index is -0.0614. The monoisotopic (exact) mass is 185 g/mol. The molecule has 78 valence electrons. The number of aliphatic hydroxyl groups is 1. The zero-order valence-electron chi connectivity index (χ0n) is 8.76. The van der Waals surface area contributed by atoms with Gasteiger partial charge in [-0.1, -0.05) is 19.8 Å². The molecule has 2 atom stereocenters. The minimum Gasteiger partial charge on any atom is -0.393 e. The molecule has 13 heavy (non-hydrogen) atoms. The fraction of sp³-hybridized carbons (Fsp3) is 1.00. The molecule has 0 spiro atoms. The van der Waals surface area contributed by atoms with Crippen molar-refractivity contribution in [3.8, 4) is 0 Å². The average molecular weight is 185 g/mol. The second-order valence-electron chi connectivity index (χ2n) is 4.17. The van der Waals surface area contributed by atoms with Crippen LogP contribution in [-0.2, 0) is 0 Å². The van der Waals surface area contributed by atoms with E-state index in [0.29, 0.717) is 6.04 Å². The van der Waals surface area contributed by atoms with Gasteiger partial charge in [-0.3, -0.25) is 0 Å². The van der Waals surface area contributed by atoms with Crippen molar-refractivity contribution >= 4 is 0 Å². The van der Waals surface area contributed by atoms with E-state index < -0.39 is 0 Å². The van der Waals surface area contributed by atoms with E-state index in [-0.39, 0.29) is 6.10 Å². The third-order valence-electron chi connectivity index (χ3n) is 2.88. The predicted octanol–water partition coefficient (Wildman–Crippen LogP) is 2.07. The van der Waals surface area contributed by atoms with Crippen molar-refractivity contribution in [3.05, 3.63) is 0 Å². The van der Waals surface area contributed by atoms with Crippen molar-refractivity contribution in [2.45, 2.75) is 64.0 Å². The maximum absolute atomic E-state index is 9.55. The highest BCUT2D eigenvalue weighted by Gasteiger charge is 2.13. The third-order valence-corrected chi connectivity index (χ3v) is 2.88. The van der Waals surface area contributed by atoms with Crippen LogP contribution in [0.2, 0.25) is 0 Å². The Bertz CT molecular complexity index is 121. The zero-order valence-corrected chi connectivity index (χ0v) is 8.76. The second kappa shape index (κ2) is 6.39. The first kappa shape index (κ1) is 11.0. The van der Waals surface area contributed by atoms with Gasteiger partial charge in [0.25, 0.3) is 0 Å². The van der Waals surface area contributed by atoms with Gasteiger partial charge in [0.1, 0.15) is 0 Å². The standard InChI is InChI=1S/C11H23NO/c1-2-5-11(13)8-7-10-6-3-4-9-12-10/h10-13H,2-9H2,1H3. The third kappa shape index (κ3) is 4.63. The molecule has 0 aliphatic carbocycles. The number of hydrogen-bond donors (Lipinski definition) is 2. The smallest absolute Gasteiger partial charge is 0.0540 e. The van der Waals surface area contributed by atoms with Crippen LogP contribution in [0.25, 0.3) is 0 Å². The fourth-order valence-corrected chi connectivity index (χ4v) is 2.04. The maximum atomic E-state index is 9.55. The first-order chi connectivity index (χ1) is 6.33. The first-order valence-electron chi connectivity index (χ1n) is 5.74.